The summed E-state index contributed by atoms with van der Waals surface area (Å²) < 4.78 is 36.2. The lowest BCUT2D eigenvalue weighted by molar-refractivity contribution is -0.291. The van der Waals surface area contributed by atoms with Crippen molar-refractivity contribution in [2.45, 2.75) is 131 Å². The summed E-state index contributed by atoms with van der Waals surface area (Å²) in [5.41, 5.74) is 30.6. The van der Waals surface area contributed by atoms with Gasteiger partial charge in [0.25, 0.3) is 0 Å². The molecule has 14 N–H and O–H groups in total. The smallest absolute Gasteiger partial charge is 0.187 e. The zero-order valence-corrected chi connectivity index (χ0v) is 23.6. The summed E-state index contributed by atoms with van der Waals surface area (Å²) in [7, 11) is 0. The van der Waals surface area contributed by atoms with Gasteiger partial charge in [-0.1, -0.05) is 0 Å². The average Bonchev–Trinajstić information content (AvgIpc) is 3.27. The van der Waals surface area contributed by atoms with E-state index in [0.717, 1.165) is 0 Å². The highest BCUT2D eigenvalue weighted by Gasteiger charge is 2.52. The monoisotopic (exact) mass is 593 g/mol. The van der Waals surface area contributed by atoms with Crippen molar-refractivity contribution in [3.05, 3.63) is 0 Å². The first-order valence-electron chi connectivity index (χ1n) is 14.9. The zero-order chi connectivity index (χ0) is 29.7. The van der Waals surface area contributed by atoms with Crippen LogP contribution in [0.4, 0.5) is 0 Å². The van der Waals surface area contributed by atoms with E-state index < -0.39 is 80.2 Å². The Kier molecular flexibility index (Phi) is 12.5. The van der Waals surface area contributed by atoms with Crippen LogP contribution in [0.5, 0.6) is 0 Å². The van der Waals surface area contributed by atoms with Gasteiger partial charge in [0.05, 0.1) is 37.0 Å². The van der Waals surface area contributed by atoms with E-state index in [4.69, 9.17) is 57.1 Å². The van der Waals surface area contributed by atoms with Crippen molar-refractivity contribution in [2.75, 3.05) is 26.3 Å². The van der Waals surface area contributed by atoms with E-state index >= 15 is 0 Å². The largest absolute Gasteiger partial charge is 0.396 e. The third kappa shape index (κ3) is 7.92. The van der Waals surface area contributed by atoms with E-state index in [-0.39, 0.29) is 24.7 Å². The molecule has 3 aliphatic heterocycles. The second-order valence-corrected chi connectivity index (χ2v) is 11.7. The number of hydrogen-bond acceptors (Lipinski definition) is 15. The van der Waals surface area contributed by atoms with E-state index in [1.54, 1.807) is 0 Å². The Labute approximate surface area is 240 Å². The second kappa shape index (κ2) is 15.4. The van der Waals surface area contributed by atoms with Crippen LogP contribution in [0, 0.1) is 5.92 Å². The minimum Gasteiger partial charge on any atom is -0.396 e. The molecule has 15 unspecified atom stereocenters. The highest BCUT2D eigenvalue weighted by Crippen LogP contribution is 2.37. The van der Waals surface area contributed by atoms with Crippen LogP contribution in [0.2, 0.25) is 0 Å². The molecule has 3 saturated heterocycles. The molecular formula is C26H51N5O10. The maximum atomic E-state index is 11.4. The number of rotatable bonds is 12. The standard InChI is InChI=1S/C26H51N5O10/c27-9-13-3-5-15(29)24(36-13)39-21-17(31)8-12(2-1-7-32)19(34)23(21)41-26-20(35)22(18(11-33)38-26)40-25-16(30)6-4-14(10-28)37-25/h12-26,32-35H,1-11,27-31H2. The Hall–Kier alpha value is -0.600. The molecule has 41 heavy (non-hydrogen) atoms. The van der Waals surface area contributed by atoms with Crippen LogP contribution < -0.4 is 28.7 Å². The Balaban J connectivity index is 1.50. The van der Waals surface area contributed by atoms with Gasteiger partial charge in [-0.05, 0) is 50.9 Å². The van der Waals surface area contributed by atoms with Gasteiger partial charge in [-0.25, -0.2) is 0 Å². The predicted octanol–water partition coefficient (Wildman–Crippen LogP) is -3.72. The van der Waals surface area contributed by atoms with Crippen molar-refractivity contribution in [2.24, 2.45) is 34.6 Å². The van der Waals surface area contributed by atoms with Gasteiger partial charge in [0.1, 0.15) is 30.5 Å². The first-order valence-corrected chi connectivity index (χ1v) is 14.9. The molecule has 1 saturated carbocycles. The molecule has 240 valence electrons. The SMILES string of the molecule is NCC1CCC(N)C(OC2C(CO)OC(OC3C(O)C(CCCO)CC(N)C3OC3OC(CN)CCC3N)C2O)O1. The quantitative estimate of drug-likeness (QED) is 0.105. The van der Waals surface area contributed by atoms with Crippen LogP contribution >= 0.6 is 0 Å². The number of nitrogens with two attached hydrogens (primary N) is 5. The molecule has 0 spiro atoms. The number of hydrogen-bond donors (Lipinski definition) is 9. The van der Waals surface area contributed by atoms with Gasteiger partial charge in [0.2, 0.25) is 0 Å². The van der Waals surface area contributed by atoms with Gasteiger partial charge in [-0.2, -0.15) is 0 Å². The maximum Gasteiger partial charge on any atom is 0.187 e. The fraction of sp³-hybridized carbons (Fsp3) is 1.00. The Morgan fingerprint density at radius 2 is 1.22 bits per heavy atom. The second-order valence-electron chi connectivity index (χ2n) is 11.7. The minimum atomic E-state index is -1.36. The van der Waals surface area contributed by atoms with Gasteiger partial charge in [-0.3, -0.25) is 0 Å². The summed E-state index contributed by atoms with van der Waals surface area (Å²) in [4.78, 5) is 0. The highest BCUT2D eigenvalue weighted by atomic mass is 16.8. The van der Waals surface area contributed by atoms with Crippen LogP contribution in [0.25, 0.3) is 0 Å². The normalized spacial score (nSPS) is 47.5. The molecule has 0 radical (unpaired) electrons. The fourth-order valence-electron chi connectivity index (χ4n) is 6.26. The van der Waals surface area contributed by atoms with E-state index in [0.29, 0.717) is 58.0 Å². The number of ether oxygens (including phenoxy) is 6. The van der Waals surface area contributed by atoms with Crippen molar-refractivity contribution in [1.82, 2.24) is 0 Å². The van der Waals surface area contributed by atoms with Gasteiger partial charge in [0, 0.05) is 25.7 Å². The zero-order valence-electron chi connectivity index (χ0n) is 23.6. The summed E-state index contributed by atoms with van der Waals surface area (Å²) in [5.74, 6) is -0.305. The molecule has 0 aromatic heterocycles. The van der Waals surface area contributed by atoms with Gasteiger partial charge < -0.3 is 77.5 Å². The Morgan fingerprint density at radius 1 is 0.659 bits per heavy atom. The molecule has 4 fully saturated rings. The lowest BCUT2D eigenvalue weighted by atomic mass is 9.77. The first-order chi connectivity index (χ1) is 19.7. The van der Waals surface area contributed by atoms with Gasteiger partial charge >= 0.3 is 0 Å². The molecule has 15 heteroatoms. The molecule has 0 amide bonds. The maximum absolute atomic E-state index is 11.4. The van der Waals surface area contributed by atoms with Gasteiger partial charge in [-0.15, -0.1) is 0 Å². The molecule has 3 heterocycles. The van der Waals surface area contributed by atoms with Crippen LogP contribution in [0.1, 0.15) is 44.9 Å². The van der Waals surface area contributed by atoms with E-state index in [1.807, 2.05) is 0 Å². The average molecular weight is 594 g/mol. The summed E-state index contributed by atoms with van der Waals surface area (Å²) >= 11 is 0. The molecule has 4 rings (SSSR count). The molecule has 15 nitrogen and oxygen atoms in total. The van der Waals surface area contributed by atoms with Crippen molar-refractivity contribution >= 4 is 0 Å². The summed E-state index contributed by atoms with van der Waals surface area (Å²) in [6.07, 6.45) is -5.74. The lowest BCUT2D eigenvalue weighted by Gasteiger charge is -2.46. The van der Waals surface area contributed by atoms with Crippen LogP contribution in [-0.2, 0) is 28.4 Å². The molecule has 0 bridgehead atoms. The van der Waals surface area contributed by atoms with Crippen molar-refractivity contribution < 1.29 is 48.8 Å². The molecule has 4 aliphatic rings. The summed E-state index contributed by atoms with van der Waals surface area (Å²) in [6, 6.07) is -1.47. The lowest BCUT2D eigenvalue weighted by Crippen LogP contribution is -2.62. The van der Waals surface area contributed by atoms with Crippen LogP contribution in [0.15, 0.2) is 0 Å². The van der Waals surface area contributed by atoms with Crippen LogP contribution in [0.3, 0.4) is 0 Å². The first kappa shape index (κ1) is 33.3. The van der Waals surface area contributed by atoms with E-state index in [9.17, 15) is 20.4 Å². The summed E-state index contributed by atoms with van der Waals surface area (Å²) in [6.45, 7) is 0.0973. The Bertz CT molecular complexity index is 791. The van der Waals surface area contributed by atoms with Crippen LogP contribution in [-0.4, -0.2) is 133 Å². The highest BCUT2D eigenvalue weighted by molar-refractivity contribution is 4.99. The van der Waals surface area contributed by atoms with Crippen molar-refractivity contribution in [1.29, 1.82) is 0 Å². The minimum absolute atomic E-state index is 0.0345. The molecule has 0 aromatic rings. The van der Waals surface area contributed by atoms with E-state index in [1.165, 1.54) is 0 Å². The van der Waals surface area contributed by atoms with Gasteiger partial charge in [0.15, 0.2) is 18.9 Å². The van der Waals surface area contributed by atoms with Crippen molar-refractivity contribution in [3.63, 3.8) is 0 Å². The Morgan fingerprint density at radius 3 is 1.76 bits per heavy atom. The molecule has 15 atom stereocenters. The molecular weight excluding hydrogens is 542 g/mol. The third-order valence-corrected chi connectivity index (χ3v) is 8.74. The number of aliphatic hydroxyl groups excluding tert-OH is 4. The number of aliphatic hydroxyl groups is 4. The predicted molar refractivity (Wildman–Crippen MR) is 145 cm³/mol. The fourth-order valence-corrected chi connectivity index (χ4v) is 6.26. The third-order valence-electron chi connectivity index (χ3n) is 8.74. The van der Waals surface area contributed by atoms with E-state index in [2.05, 4.69) is 0 Å². The summed E-state index contributed by atoms with van der Waals surface area (Å²) in [5, 5.41) is 42.1. The van der Waals surface area contributed by atoms with Crippen molar-refractivity contribution in [3.8, 4) is 0 Å². The molecule has 1 aliphatic carbocycles. The molecule has 0 aromatic carbocycles. The topological polar surface area (TPSA) is 266 Å².